The van der Waals surface area contributed by atoms with Crippen molar-refractivity contribution < 1.29 is 19.5 Å². The lowest BCUT2D eigenvalue weighted by molar-refractivity contribution is -0.129. The number of pyridine rings is 1. The van der Waals surface area contributed by atoms with E-state index in [9.17, 15) is 14.8 Å². The molecule has 1 fully saturated rings. The van der Waals surface area contributed by atoms with E-state index in [1.807, 2.05) is 30.3 Å². The van der Waals surface area contributed by atoms with Gasteiger partial charge in [0.2, 0.25) is 0 Å². The summed E-state index contributed by atoms with van der Waals surface area (Å²) in [4.78, 5) is 30.0. The Morgan fingerprint density at radius 1 is 1.12 bits per heavy atom. The van der Waals surface area contributed by atoms with Gasteiger partial charge in [0, 0.05) is 31.4 Å². The number of amides is 2. The minimum absolute atomic E-state index is 0.227. The molecule has 0 spiro atoms. The fraction of sp³-hybridized carbons (Fsp3) is 0.316. The van der Waals surface area contributed by atoms with E-state index in [1.165, 1.54) is 12.4 Å². The number of hydroxylamine groups is 1. The Labute approximate surface area is 151 Å². The van der Waals surface area contributed by atoms with Crippen molar-refractivity contribution in [3.8, 4) is 0 Å². The molecule has 136 valence electrons. The molecule has 0 aliphatic carbocycles. The first-order valence-corrected chi connectivity index (χ1v) is 8.53. The molecule has 1 saturated heterocycles. The van der Waals surface area contributed by atoms with E-state index < -0.39 is 0 Å². The molecule has 1 aliphatic rings. The molecule has 0 radical (unpaired) electrons. The van der Waals surface area contributed by atoms with Crippen molar-refractivity contribution >= 4 is 17.7 Å². The number of nitrogens with zero attached hydrogens (tertiary/aromatic N) is 3. The van der Waals surface area contributed by atoms with Gasteiger partial charge in [-0.25, -0.2) is 4.79 Å². The molecular formula is C19H21N3O4. The maximum atomic E-state index is 12.4. The smallest absolute Gasteiger partial charge is 0.410 e. The predicted octanol–water partition coefficient (Wildman–Crippen LogP) is 2.85. The molecular weight excluding hydrogens is 334 g/mol. The Morgan fingerprint density at radius 2 is 1.77 bits per heavy atom. The van der Waals surface area contributed by atoms with Crippen molar-refractivity contribution in [3.63, 3.8) is 0 Å². The zero-order chi connectivity index (χ0) is 18.4. The first kappa shape index (κ1) is 17.9. The van der Waals surface area contributed by atoms with Gasteiger partial charge in [-0.15, -0.1) is 0 Å². The van der Waals surface area contributed by atoms with Crippen LogP contribution in [0, 0.1) is 5.92 Å². The molecule has 1 N–H and O–H groups in total. The van der Waals surface area contributed by atoms with Crippen LogP contribution in [0.3, 0.4) is 0 Å². The third-order valence-corrected chi connectivity index (χ3v) is 4.42. The number of hydrogen-bond donors (Lipinski definition) is 1. The van der Waals surface area contributed by atoms with Gasteiger partial charge in [0.15, 0.2) is 0 Å². The molecule has 1 aromatic carbocycles. The van der Waals surface area contributed by atoms with Gasteiger partial charge in [0.1, 0.15) is 6.61 Å². The van der Waals surface area contributed by atoms with Crippen LogP contribution in [0.1, 0.15) is 18.4 Å². The van der Waals surface area contributed by atoms with Gasteiger partial charge in [0.05, 0.1) is 5.69 Å². The topological polar surface area (TPSA) is 83.0 Å². The van der Waals surface area contributed by atoms with Gasteiger partial charge in [-0.1, -0.05) is 30.3 Å². The van der Waals surface area contributed by atoms with Crippen LogP contribution < -0.4 is 5.06 Å². The van der Waals surface area contributed by atoms with E-state index in [4.69, 9.17) is 4.74 Å². The molecule has 3 rings (SSSR count). The summed E-state index contributed by atoms with van der Waals surface area (Å²) in [6.45, 7) is 1.08. The number of hydrogen-bond acceptors (Lipinski definition) is 5. The van der Waals surface area contributed by atoms with Crippen molar-refractivity contribution in [2.24, 2.45) is 5.92 Å². The first-order chi connectivity index (χ1) is 12.6. The minimum Gasteiger partial charge on any atom is -0.445 e. The molecule has 0 saturated carbocycles. The Hall–Kier alpha value is -2.93. The van der Waals surface area contributed by atoms with Crippen LogP contribution in [-0.4, -0.2) is 40.2 Å². The summed E-state index contributed by atoms with van der Waals surface area (Å²) in [5.74, 6) is -0.695. The van der Waals surface area contributed by atoms with Gasteiger partial charge < -0.3 is 9.64 Å². The summed E-state index contributed by atoms with van der Waals surface area (Å²) < 4.78 is 5.32. The zero-order valence-electron chi connectivity index (χ0n) is 14.3. The van der Waals surface area contributed by atoms with Crippen LogP contribution in [0.15, 0.2) is 54.9 Å². The molecule has 7 nitrogen and oxygen atoms in total. The van der Waals surface area contributed by atoms with Crippen molar-refractivity contribution in [2.45, 2.75) is 19.4 Å². The van der Waals surface area contributed by atoms with E-state index in [1.54, 1.807) is 17.0 Å². The van der Waals surface area contributed by atoms with Crippen molar-refractivity contribution in [3.05, 3.63) is 60.4 Å². The van der Waals surface area contributed by atoms with E-state index in [-0.39, 0.29) is 24.5 Å². The average molecular weight is 355 g/mol. The molecule has 7 heteroatoms. The largest absolute Gasteiger partial charge is 0.445 e. The van der Waals surface area contributed by atoms with Crippen LogP contribution >= 0.6 is 0 Å². The average Bonchev–Trinajstić information content (AvgIpc) is 2.72. The molecule has 0 bridgehead atoms. The lowest BCUT2D eigenvalue weighted by Gasteiger charge is -2.31. The summed E-state index contributed by atoms with van der Waals surface area (Å²) in [6, 6.07) is 12.6. The van der Waals surface area contributed by atoms with Crippen molar-refractivity contribution in [1.82, 2.24) is 9.88 Å². The Morgan fingerprint density at radius 3 is 2.42 bits per heavy atom. The summed E-state index contributed by atoms with van der Waals surface area (Å²) >= 11 is 0. The number of benzene rings is 1. The van der Waals surface area contributed by atoms with Crippen molar-refractivity contribution in [1.29, 1.82) is 0 Å². The highest BCUT2D eigenvalue weighted by Crippen LogP contribution is 2.22. The maximum Gasteiger partial charge on any atom is 0.410 e. The Balaban J connectivity index is 1.47. The van der Waals surface area contributed by atoms with Crippen LogP contribution in [-0.2, 0) is 16.1 Å². The highest BCUT2D eigenvalue weighted by molar-refractivity contribution is 5.92. The molecule has 0 unspecified atom stereocenters. The normalized spacial score (nSPS) is 14.7. The monoisotopic (exact) mass is 355 g/mol. The van der Waals surface area contributed by atoms with Gasteiger partial charge in [-0.2, -0.15) is 5.06 Å². The van der Waals surface area contributed by atoms with Gasteiger partial charge in [-0.3, -0.25) is 15.0 Å². The van der Waals surface area contributed by atoms with E-state index in [0.717, 1.165) is 5.56 Å². The fourth-order valence-corrected chi connectivity index (χ4v) is 2.91. The van der Waals surface area contributed by atoms with Crippen LogP contribution in [0.2, 0.25) is 0 Å². The SMILES string of the molecule is O=C(OCc1ccccc1)N1CCC(C(=O)N(O)c2ccncc2)CC1. The number of ether oxygens (including phenoxy) is 1. The van der Waals surface area contributed by atoms with Crippen molar-refractivity contribution in [2.75, 3.05) is 18.2 Å². The summed E-state index contributed by atoms with van der Waals surface area (Å²) in [5.41, 5.74) is 1.31. The number of likely N-dealkylation sites (tertiary alicyclic amines) is 1. The van der Waals surface area contributed by atoms with Crippen LogP contribution in [0.4, 0.5) is 10.5 Å². The molecule has 1 aliphatic heterocycles. The fourth-order valence-electron chi connectivity index (χ4n) is 2.91. The maximum absolute atomic E-state index is 12.4. The minimum atomic E-state index is -0.380. The molecule has 2 aromatic rings. The molecule has 2 amide bonds. The van der Waals surface area contributed by atoms with Crippen LogP contribution in [0.5, 0.6) is 0 Å². The number of rotatable bonds is 4. The number of anilines is 1. The van der Waals surface area contributed by atoms with E-state index >= 15 is 0 Å². The van der Waals surface area contributed by atoms with Gasteiger partial charge >= 0.3 is 6.09 Å². The van der Waals surface area contributed by atoms with E-state index in [2.05, 4.69) is 4.98 Å². The standard InChI is InChI=1S/C19H21N3O4/c23-18(22(25)17-6-10-20-11-7-17)16-8-12-21(13-9-16)19(24)26-14-15-4-2-1-3-5-15/h1-7,10-11,16,25H,8-9,12-14H2. The summed E-state index contributed by atoms with van der Waals surface area (Å²) in [5, 5.41) is 10.7. The second kappa shape index (κ2) is 8.44. The summed E-state index contributed by atoms with van der Waals surface area (Å²) in [6.07, 6.45) is 3.62. The highest BCUT2D eigenvalue weighted by atomic mass is 16.6. The number of carbonyl (C=O) groups excluding carboxylic acids is 2. The quantitative estimate of drug-likeness (QED) is 0.673. The first-order valence-electron chi connectivity index (χ1n) is 8.53. The second-order valence-electron chi connectivity index (χ2n) is 6.16. The third-order valence-electron chi connectivity index (χ3n) is 4.42. The number of carbonyl (C=O) groups is 2. The molecule has 0 atom stereocenters. The predicted molar refractivity (Wildman–Crippen MR) is 94.4 cm³/mol. The van der Waals surface area contributed by atoms with Gasteiger partial charge in [0.25, 0.3) is 5.91 Å². The van der Waals surface area contributed by atoms with Crippen LogP contribution in [0.25, 0.3) is 0 Å². The zero-order valence-corrected chi connectivity index (χ0v) is 14.3. The molecule has 26 heavy (non-hydrogen) atoms. The highest BCUT2D eigenvalue weighted by Gasteiger charge is 2.31. The summed E-state index contributed by atoms with van der Waals surface area (Å²) in [7, 11) is 0. The molecule has 1 aromatic heterocycles. The van der Waals surface area contributed by atoms with E-state index in [0.29, 0.717) is 36.7 Å². The lowest BCUT2D eigenvalue weighted by Crippen LogP contribution is -2.43. The Bertz CT molecular complexity index is 731. The molecule has 2 heterocycles. The third kappa shape index (κ3) is 4.37. The lowest BCUT2D eigenvalue weighted by atomic mass is 9.96. The second-order valence-corrected chi connectivity index (χ2v) is 6.16. The van der Waals surface area contributed by atoms with Gasteiger partial charge in [-0.05, 0) is 30.5 Å². The number of aromatic nitrogens is 1. The Kier molecular flexibility index (Phi) is 5.80. The number of piperidine rings is 1.